The molecule has 2 bridgehead atoms. The Kier molecular flexibility index (Phi) is 5.23. The van der Waals surface area contributed by atoms with Gasteiger partial charge in [0.25, 0.3) is 0 Å². The van der Waals surface area contributed by atoms with Crippen LogP contribution in [0.5, 0.6) is 5.75 Å². The van der Waals surface area contributed by atoms with Gasteiger partial charge in [0, 0.05) is 48.1 Å². The lowest BCUT2D eigenvalue weighted by Gasteiger charge is -2.34. The second-order valence-corrected chi connectivity index (χ2v) is 11.0. The number of aromatic nitrogens is 2. The molecule has 0 radical (unpaired) electrons. The number of phenols is 1. The first-order valence-corrected chi connectivity index (χ1v) is 13.1. The number of aliphatic hydroxyl groups is 1. The maximum absolute atomic E-state index is 16.4. The van der Waals surface area contributed by atoms with Crippen LogP contribution in [0.3, 0.4) is 0 Å². The van der Waals surface area contributed by atoms with Crippen LogP contribution >= 0.6 is 0 Å². The zero-order chi connectivity index (χ0) is 25.1. The van der Waals surface area contributed by atoms with Crippen LogP contribution < -0.4 is 15.5 Å². The molecule has 7 rings (SSSR count). The molecule has 37 heavy (non-hydrogen) atoms. The number of nitrogens with one attached hydrogen (secondary N) is 2. The normalized spacial score (nSPS) is 22.1. The van der Waals surface area contributed by atoms with Crippen molar-refractivity contribution in [1.29, 1.82) is 0 Å². The fourth-order valence-corrected chi connectivity index (χ4v) is 6.00. The minimum absolute atomic E-state index is 0.0916. The van der Waals surface area contributed by atoms with E-state index in [0.717, 1.165) is 55.4 Å². The van der Waals surface area contributed by atoms with E-state index < -0.39 is 5.82 Å². The van der Waals surface area contributed by atoms with Gasteiger partial charge in [0.05, 0.1) is 6.61 Å². The SMILES string of the molecule is OCC1(CNc2nc(N3C[C@H]4CC[C@@H](C3)N4)c3ccc(-c4cc(O)cc5ccccc45)c(F)c3n2)CC1. The average molecular weight is 500 g/mol. The highest BCUT2D eigenvalue weighted by atomic mass is 19.1. The van der Waals surface area contributed by atoms with Gasteiger partial charge in [0.2, 0.25) is 5.95 Å². The molecule has 4 aromatic rings. The molecule has 4 N–H and O–H groups in total. The predicted octanol–water partition coefficient (Wildman–Crippen LogP) is 4.42. The smallest absolute Gasteiger partial charge is 0.225 e. The number of phenolic OH excluding ortho intramolecular Hbond substituents is 1. The summed E-state index contributed by atoms with van der Waals surface area (Å²) >= 11 is 0. The van der Waals surface area contributed by atoms with Crippen LogP contribution in [0.25, 0.3) is 32.8 Å². The summed E-state index contributed by atoms with van der Waals surface area (Å²) in [4.78, 5) is 11.8. The number of hydrogen-bond acceptors (Lipinski definition) is 7. The Balaban J connectivity index is 1.38. The van der Waals surface area contributed by atoms with E-state index in [1.807, 2.05) is 30.3 Å². The fraction of sp³-hybridized carbons (Fsp3) is 0.379. The molecule has 2 saturated heterocycles. The number of nitrogens with zero attached hydrogens (tertiary/aromatic N) is 3. The van der Waals surface area contributed by atoms with Gasteiger partial charge in [-0.1, -0.05) is 30.3 Å². The molecule has 0 amide bonds. The Bertz CT molecular complexity index is 1510. The van der Waals surface area contributed by atoms with Crippen LogP contribution in [0, 0.1) is 11.2 Å². The predicted molar refractivity (Wildman–Crippen MR) is 144 cm³/mol. The van der Waals surface area contributed by atoms with Crippen molar-refractivity contribution in [3.8, 4) is 16.9 Å². The zero-order valence-corrected chi connectivity index (χ0v) is 20.5. The first-order valence-electron chi connectivity index (χ1n) is 13.1. The topological polar surface area (TPSA) is 93.5 Å². The minimum atomic E-state index is -0.429. The van der Waals surface area contributed by atoms with Gasteiger partial charge in [-0.15, -0.1) is 0 Å². The van der Waals surface area contributed by atoms with Crippen LogP contribution in [0.1, 0.15) is 25.7 Å². The highest BCUT2D eigenvalue weighted by molar-refractivity contribution is 6.01. The molecule has 3 fully saturated rings. The van der Waals surface area contributed by atoms with E-state index >= 15 is 4.39 Å². The van der Waals surface area contributed by atoms with Gasteiger partial charge >= 0.3 is 0 Å². The number of halogens is 1. The number of rotatable bonds is 6. The van der Waals surface area contributed by atoms with Crippen molar-refractivity contribution in [2.24, 2.45) is 5.41 Å². The molecule has 3 aliphatic rings. The third-order valence-corrected chi connectivity index (χ3v) is 8.35. The lowest BCUT2D eigenvalue weighted by atomic mass is 9.96. The Labute approximate surface area is 214 Å². The minimum Gasteiger partial charge on any atom is -0.508 e. The Morgan fingerprint density at radius 2 is 1.78 bits per heavy atom. The maximum atomic E-state index is 16.4. The second-order valence-electron chi connectivity index (χ2n) is 11.0. The standard InChI is InChI=1S/C29H30FN5O2/c30-25-22(24-12-20(37)11-17-3-1-2-4-21(17)24)7-8-23-26(25)33-28(31-15-29(16-36)9-10-29)34-27(23)35-13-18-5-6-19(14-35)32-18/h1-4,7-8,11-12,18-19,32,36-37H,5-6,9-10,13-16H2,(H,31,33,34)/t18-,19+. The summed E-state index contributed by atoms with van der Waals surface area (Å²) in [6.45, 7) is 2.32. The van der Waals surface area contributed by atoms with Gasteiger partial charge in [-0.05, 0) is 60.2 Å². The van der Waals surface area contributed by atoms with Crippen molar-refractivity contribution in [2.75, 3.05) is 36.5 Å². The molecular weight excluding hydrogens is 469 g/mol. The van der Waals surface area contributed by atoms with E-state index in [0.29, 0.717) is 41.1 Å². The van der Waals surface area contributed by atoms with E-state index in [-0.39, 0.29) is 23.3 Å². The van der Waals surface area contributed by atoms with Crippen molar-refractivity contribution in [3.05, 3.63) is 54.3 Å². The largest absolute Gasteiger partial charge is 0.508 e. The number of aliphatic hydroxyl groups excluding tert-OH is 1. The molecule has 8 heteroatoms. The first kappa shape index (κ1) is 22.7. The Morgan fingerprint density at radius 3 is 2.54 bits per heavy atom. The summed E-state index contributed by atoms with van der Waals surface area (Å²) in [5.74, 6) is 0.784. The highest BCUT2D eigenvalue weighted by Gasteiger charge is 2.42. The molecule has 1 aromatic heterocycles. The lowest BCUT2D eigenvalue weighted by Crippen LogP contribution is -2.51. The Morgan fingerprint density at radius 1 is 1.00 bits per heavy atom. The van der Waals surface area contributed by atoms with E-state index in [4.69, 9.17) is 4.98 Å². The van der Waals surface area contributed by atoms with Crippen molar-refractivity contribution in [1.82, 2.24) is 15.3 Å². The maximum Gasteiger partial charge on any atom is 0.225 e. The van der Waals surface area contributed by atoms with Gasteiger partial charge in [-0.25, -0.2) is 9.37 Å². The van der Waals surface area contributed by atoms with Crippen LogP contribution in [-0.2, 0) is 0 Å². The summed E-state index contributed by atoms with van der Waals surface area (Å²) in [6, 6.07) is 15.5. The van der Waals surface area contributed by atoms with E-state index in [1.54, 1.807) is 18.2 Å². The highest BCUT2D eigenvalue weighted by Crippen LogP contribution is 2.45. The van der Waals surface area contributed by atoms with Gasteiger partial charge in [0.15, 0.2) is 5.82 Å². The summed E-state index contributed by atoms with van der Waals surface area (Å²) in [5.41, 5.74) is 1.15. The number of benzene rings is 3. The van der Waals surface area contributed by atoms with Crippen molar-refractivity contribution in [3.63, 3.8) is 0 Å². The quantitative estimate of drug-likeness (QED) is 0.312. The summed E-state index contributed by atoms with van der Waals surface area (Å²) in [5, 5.41) is 29.5. The van der Waals surface area contributed by atoms with Crippen molar-refractivity contribution < 1.29 is 14.6 Å². The molecule has 2 aliphatic heterocycles. The van der Waals surface area contributed by atoms with Crippen LogP contribution in [-0.4, -0.2) is 58.5 Å². The number of aromatic hydroxyl groups is 1. The van der Waals surface area contributed by atoms with Crippen molar-refractivity contribution in [2.45, 2.75) is 37.8 Å². The first-order chi connectivity index (χ1) is 18.0. The van der Waals surface area contributed by atoms with Gasteiger partial charge in [-0.2, -0.15) is 4.98 Å². The van der Waals surface area contributed by atoms with E-state index in [9.17, 15) is 10.2 Å². The van der Waals surface area contributed by atoms with Crippen LogP contribution in [0.4, 0.5) is 16.2 Å². The third-order valence-electron chi connectivity index (χ3n) is 8.35. The third kappa shape index (κ3) is 3.95. The second kappa shape index (κ2) is 8.53. The number of anilines is 2. The molecular formula is C29H30FN5O2. The molecule has 0 unspecified atom stereocenters. The molecule has 2 atom stereocenters. The van der Waals surface area contributed by atoms with Gasteiger partial charge in [0.1, 0.15) is 17.1 Å². The summed E-state index contributed by atoms with van der Waals surface area (Å²) in [7, 11) is 0. The molecule has 1 aliphatic carbocycles. The average Bonchev–Trinajstić information content (AvgIpc) is 3.63. The number of hydrogen-bond donors (Lipinski definition) is 4. The lowest BCUT2D eigenvalue weighted by molar-refractivity contribution is 0.219. The molecule has 3 aromatic carbocycles. The van der Waals surface area contributed by atoms with Gasteiger partial charge in [-0.3, -0.25) is 0 Å². The fourth-order valence-electron chi connectivity index (χ4n) is 6.00. The molecule has 0 spiro atoms. The molecule has 7 nitrogen and oxygen atoms in total. The number of piperazine rings is 1. The van der Waals surface area contributed by atoms with Crippen molar-refractivity contribution >= 4 is 33.4 Å². The Hall–Kier alpha value is -3.49. The van der Waals surface area contributed by atoms with Gasteiger partial charge < -0.3 is 25.7 Å². The molecule has 190 valence electrons. The van der Waals surface area contributed by atoms with Crippen LogP contribution in [0.15, 0.2) is 48.5 Å². The van der Waals surface area contributed by atoms with E-state index in [2.05, 4.69) is 20.5 Å². The number of fused-ring (bicyclic) bond motifs is 4. The molecule has 3 heterocycles. The molecule has 1 saturated carbocycles. The van der Waals surface area contributed by atoms with E-state index in [1.165, 1.54) is 0 Å². The zero-order valence-electron chi connectivity index (χ0n) is 20.5. The summed E-state index contributed by atoms with van der Waals surface area (Å²) < 4.78 is 16.4. The van der Waals surface area contributed by atoms with Crippen LogP contribution in [0.2, 0.25) is 0 Å². The monoisotopic (exact) mass is 499 g/mol. The summed E-state index contributed by atoms with van der Waals surface area (Å²) in [6.07, 6.45) is 4.19.